The predicted octanol–water partition coefficient (Wildman–Crippen LogP) is 3.72. The molecule has 0 heterocycles. The molecule has 0 aromatic heterocycles. The van der Waals surface area contributed by atoms with Gasteiger partial charge in [0.2, 0.25) is 0 Å². The third kappa shape index (κ3) is 4.73. The minimum Gasteiger partial charge on any atom is -0.491 e. The lowest BCUT2D eigenvalue weighted by atomic mass is 10.0. The quantitative estimate of drug-likeness (QED) is 0.755. The van der Waals surface area contributed by atoms with Crippen LogP contribution >= 0.6 is 0 Å². The molecule has 1 aliphatic carbocycles. The van der Waals surface area contributed by atoms with Gasteiger partial charge in [-0.05, 0) is 63.3 Å². The molecule has 1 aromatic rings. The fraction of sp³-hybridized carbons (Fsp3) is 0.611. The van der Waals surface area contributed by atoms with E-state index in [1.54, 1.807) is 0 Å². The number of hydrogen-bond donors (Lipinski definition) is 1. The molecule has 0 spiro atoms. The number of ether oxygens (including phenoxy) is 1. The van der Waals surface area contributed by atoms with Crippen molar-refractivity contribution in [1.82, 2.24) is 4.90 Å². The van der Waals surface area contributed by atoms with Crippen LogP contribution in [-0.4, -0.2) is 35.2 Å². The number of carbonyl (C=O) groups is 1. The van der Waals surface area contributed by atoms with Gasteiger partial charge in [-0.25, -0.2) is 0 Å². The molecule has 1 saturated carbocycles. The van der Waals surface area contributed by atoms with Crippen LogP contribution in [0.15, 0.2) is 24.3 Å². The summed E-state index contributed by atoms with van der Waals surface area (Å²) in [4.78, 5) is 13.9. The Morgan fingerprint density at radius 2 is 1.95 bits per heavy atom. The van der Waals surface area contributed by atoms with Gasteiger partial charge in [-0.2, -0.15) is 0 Å². The number of aliphatic carboxylic acids is 1. The number of rotatable bonds is 9. The van der Waals surface area contributed by atoms with E-state index in [4.69, 9.17) is 4.74 Å². The van der Waals surface area contributed by atoms with Crippen LogP contribution in [0.2, 0.25) is 0 Å². The first-order valence-electron chi connectivity index (χ1n) is 8.24. The van der Waals surface area contributed by atoms with Gasteiger partial charge in [-0.15, -0.1) is 0 Å². The average Bonchev–Trinajstić information content (AvgIpc) is 3.24. The molecular formula is C18H27NO3. The molecular weight excluding hydrogens is 278 g/mol. The molecule has 4 nitrogen and oxygen atoms in total. The second-order valence-electron chi connectivity index (χ2n) is 6.41. The SMILES string of the molecule is CCCN(CC1CC1)[C@H](C(=O)O)c1ccc(OC(C)C)cc1. The van der Waals surface area contributed by atoms with Crippen LogP contribution in [0.3, 0.4) is 0 Å². The molecule has 0 radical (unpaired) electrons. The minimum absolute atomic E-state index is 0.118. The maximum absolute atomic E-state index is 11.8. The molecule has 2 rings (SSSR count). The summed E-state index contributed by atoms with van der Waals surface area (Å²) in [5, 5.41) is 9.70. The Bertz CT molecular complexity index is 480. The van der Waals surface area contributed by atoms with Gasteiger partial charge in [0.15, 0.2) is 0 Å². The second-order valence-corrected chi connectivity index (χ2v) is 6.41. The van der Waals surface area contributed by atoms with Crippen molar-refractivity contribution < 1.29 is 14.6 Å². The van der Waals surface area contributed by atoms with E-state index in [2.05, 4.69) is 11.8 Å². The Labute approximate surface area is 133 Å². The normalized spacial score (nSPS) is 16.0. The summed E-state index contributed by atoms with van der Waals surface area (Å²) >= 11 is 0. The number of carboxylic acid groups (broad SMARTS) is 1. The fourth-order valence-electron chi connectivity index (χ4n) is 2.76. The molecule has 22 heavy (non-hydrogen) atoms. The highest BCUT2D eigenvalue weighted by atomic mass is 16.5. The summed E-state index contributed by atoms with van der Waals surface area (Å²) in [6, 6.07) is 6.94. The summed E-state index contributed by atoms with van der Waals surface area (Å²) in [6.45, 7) is 7.75. The summed E-state index contributed by atoms with van der Waals surface area (Å²) in [5.41, 5.74) is 0.831. The maximum Gasteiger partial charge on any atom is 0.325 e. The first kappa shape index (κ1) is 16.8. The molecule has 4 heteroatoms. The number of nitrogens with zero attached hydrogens (tertiary/aromatic N) is 1. The van der Waals surface area contributed by atoms with Gasteiger partial charge in [-0.3, -0.25) is 9.69 Å². The van der Waals surface area contributed by atoms with Crippen LogP contribution < -0.4 is 4.74 Å². The summed E-state index contributed by atoms with van der Waals surface area (Å²) in [7, 11) is 0. The van der Waals surface area contributed by atoms with Gasteiger partial charge in [0.1, 0.15) is 11.8 Å². The molecule has 0 saturated heterocycles. The molecule has 0 unspecified atom stereocenters. The fourth-order valence-corrected chi connectivity index (χ4v) is 2.76. The van der Waals surface area contributed by atoms with Crippen LogP contribution in [0.5, 0.6) is 5.75 Å². The Morgan fingerprint density at radius 3 is 2.41 bits per heavy atom. The molecule has 1 aromatic carbocycles. The molecule has 1 aliphatic rings. The standard InChI is InChI=1S/C18H27NO3/c1-4-11-19(12-14-5-6-14)17(18(20)21)15-7-9-16(10-8-15)22-13(2)3/h7-10,13-14,17H,4-6,11-12H2,1-3H3,(H,20,21)/t17-/m0/s1. The van der Waals surface area contributed by atoms with Crippen molar-refractivity contribution in [2.45, 2.75) is 52.2 Å². The van der Waals surface area contributed by atoms with E-state index in [1.165, 1.54) is 12.8 Å². The van der Waals surface area contributed by atoms with Crippen LogP contribution in [0, 0.1) is 5.92 Å². The van der Waals surface area contributed by atoms with Gasteiger partial charge >= 0.3 is 5.97 Å². The first-order chi connectivity index (χ1) is 10.5. The third-order valence-corrected chi connectivity index (χ3v) is 3.87. The molecule has 122 valence electrons. The van der Waals surface area contributed by atoms with Crippen molar-refractivity contribution in [2.75, 3.05) is 13.1 Å². The van der Waals surface area contributed by atoms with Crippen molar-refractivity contribution in [2.24, 2.45) is 5.92 Å². The van der Waals surface area contributed by atoms with Crippen LogP contribution in [0.1, 0.15) is 51.6 Å². The highest BCUT2D eigenvalue weighted by Gasteiger charge is 2.32. The van der Waals surface area contributed by atoms with E-state index in [-0.39, 0.29) is 6.10 Å². The van der Waals surface area contributed by atoms with Crippen molar-refractivity contribution in [3.8, 4) is 5.75 Å². The Kier molecular flexibility index (Phi) is 5.83. The van der Waals surface area contributed by atoms with E-state index in [0.717, 1.165) is 30.8 Å². The van der Waals surface area contributed by atoms with E-state index in [9.17, 15) is 9.90 Å². The van der Waals surface area contributed by atoms with E-state index >= 15 is 0 Å². The lowest BCUT2D eigenvalue weighted by Gasteiger charge is -2.29. The highest BCUT2D eigenvalue weighted by Crippen LogP contribution is 2.33. The Balaban J connectivity index is 2.15. The number of hydrogen-bond acceptors (Lipinski definition) is 3. The van der Waals surface area contributed by atoms with Crippen LogP contribution in [0.25, 0.3) is 0 Å². The maximum atomic E-state index is 11.8. The van der Waals surface area contributed by atoms with Crippen LogP contribution in [-0.2, 0) is 4.79 Å². The van der Waals surface area contributed by atoms with E-state index in [1.807, 2.05) is 38.1 Å². The number of carboxylic acids is 1. The molecule has 0 bridgehead atoms. The summed E-state index contributed by atoms with van der Waals surface area (Å²) in [6.07, 6.45) is 3.54. The smallest absolute Gasteiger partial charge is 0.325 e. The lowest BCUT2D eigenvalue weighted by Crippen LogP contribution is -2.36. The predicted molar refractivity (Wildman–Crippen MR) is 87.2 cm³/mol. The minimum atomic E-state index is -0.772. The van der Waals surface area contributed by atoms with Gasteiger partial charge in [0.05, 0.1) is 6.10 Å². The van der Waals surface area contributed by atoms with Crippen molar-refractivity contribution in [3.05, 3.63) is 29.8 Å². The van der Waals surface area contributed by atoms with E-state index in [0.29, 0.717) is 5.92 Å². The zero-order valence-corrected chi connectivity index (χ0v) is 13.8. The third-order valence-electron chi connectivity index (χ3n) is 3.87. The first-order valence-corrected chi connectivity index (χ1v) is 8.24. The van der Waals surface area contributed by atoms with Gasteiger partial charge in [0.25, 0.3) is 0 Å². The molecule has 1 N–H and O–H groups in total. The molecule has 0 amide bonds. The topological polar surface area (TPSA) is 49.8 Å². The zero-order chi connectivity index (χ0) is 16.1. The van der Waals surface area contributed by atoms with Gasteiger partial charge in [-0.1, -0.05) is 19.1 Å². The van der Waals surface area contributed by atoms with Gasteiger partial charge < -0.3 is 9.84 Å². The lowest BCUT2D eigenvalue weighted by molar-refractivity contribution is -0.143. The zero-order valence-electron chi connectivity index (χ0n) is 13.8. The van der Waals surface area contributed by atoms with Crippen molar-refractivity contribution in [3.63, 3.8) is 0 Å². The van der Waals surface area contributed by atoms with E-state index < -0.39 is 12.0 Å². The van der Waals surface area contributed by atoms with Gasteiger partial charge in [0, 0.05) is 6.54 Å². The number of benzene rings is 1. The second kappa shape index (κ2) is 7.63. The molecule has 1 atom stereocenters. The molecule has 0 aliphatic heterocycles. The van der Waals surface area contributed by atoms with Crippen molar-refractivity contribution in [1.29, 1.82) is 0 Å². The molecule has 1 fully saturated rings. The van der Waals surface area contributed by atoms with Crippen molar-refractivity contribution >= 4 is 5.97 Å². The largest absolute Gasteiger partial charge is 0.491 e. The monoisotopic (exact) mass is 305 g/mol. The summed E-state index contributed by atoms with van der Waals surface area (Å²) in [5.74, 6) is 0.690. The summed E-state index contributed by atoms with van der Waals surface area (Å²) < 4.78 is 5.63. The van der Waals surface area contributed by atoms with Crippen LogP contribution in [0.4, 0.5) is 0 Å². The average molecular weight is 305 g/mol. The highest BCUT2D eigenvalue weighted by molar-refractivity contribution is 5.75. The Morgan fingerprint density at radius 1 is 1.32 bits per heavy atom. The Hall–Kier alpha value is -1.55.